The van der Waals surface area contributed by atoms with Gasteiger partial charge in [0.25, 0.3) is 11.8 Å². The van der Waals surface area contributed by atoms with E-state index in [1.54, 1.807) is 67.4 Å². The summed E-state index contributed by atoms with van der Waals surface area (Å²) < 4.78 is 24.1. The molecule has 0 fully saturated rings. The van der Waals surface area contributed by atoms with Crippen LogP contribution in [-0.4, -0.2) is 70.5 Å². The van der Waals surface area contributed by atoms with Gasteiger partial charge in [-0.15, -0.1) is 0 Å². The van der Waals surface area contributed by atoms with E-state index < -0.39 is 6.04 Å². The molecule has 3 amide bonds. The zero-order chi connectivity index (χ0) is 41.2. The first-order chi connectivity index (χ1) is 28.7. The number of likely N-dealkylation sites (N-methyl/N-ethyl adjacent to an activating group) is 1. The molecular weight excluding hydrogens is 749 g/mol. The van der Waals surface area contributed by atoms with Gasteiger partial charge < -0.3 is 34.9 Å². The Labute approximate surface area is 342 Å². The van der Waals surface area contributed by atoms with Gasteiger partial charge in [0.05, 0.1) is 37.6 Å². The van der Waals surface area contributed by atoms with E-state index in [4.69, 9.17) is 18.9 Å². The summed E-state index contributed by atoms with van der Waals surface area (Å²) in [6.07, 6.45) is 2.97. The lowest BCUT2D eigenvalue weighted by Crippen LogP contribution is -2.46. The number of amides is 3. The van der Waals surface area contributed by atoms with Crippen LogP contribution < -0.4 is 44.7 Å². The van der Waals surface area contributed by atoms with Gasteiger partial charge in [-0.3, -0.25) is 29.2 Å². The van der Waals surface area contributed by atoms with Gasteiger partial charge in [0.15, 0.2) is 23.0 Å². The Kier molecular flexibility index (Phi) is 10.9. The number of nitrogens with zero attached hydrogens (tertiary/aromatic N) is 3. The number of ether oxygens (including phenoxy) is 4. The number of anilines is 4. The maximum absolute atomic E-state index is 14.0. The van der Waals surface area contributed by atoms with Gasteiger partial charge >= 0.3 is 0 Å². The Balaban J connectivity index is 1.02. The van der Waals surface area contributed by atoms with Crippen molar-refractivity contribution in [1.82, 2.24) is 5.32 Å². The minimum absolute atomic E-state index is 0.103. The van der Waals surface area contributed by atoms with E-state index in [0.717, 1.165) is 33.6 Å². The number of carbonyl (C=O) groups is 3. The number of hydrogen-bond donors (Lipinski definition) is 3. The van der Waals surface area contributed by atoms with Crippen LogP contribution in [0.2, 0.25) is 0 Å². The summed E-state index contributed by atoms with van der Waals surface area (Å²) in [6.45, 7) is 2.01. The summed E-state index contributed by atoms with van der Waals surface area (Å²) in [4.78, 5) is 48.4. The SMILES string of the molecule is CN=CC1Cc2ccccc2N1C(=O)c1ccc(OCc2cc(COc3cc4c(cc3OC)C(=O)N3c5ccccc5CC3N4)cc(NC(=O)C(C)NC)c2)c(OC)c1. The third-order valence-electron chi connectivity index (χ3n) is 10.9. The van der Waals surface area contributed by atoms with Crippen LogP contribution in [0.15, 0.2) is 102 Å². The van der Waals surface area contributed by atoms with Crippen LogP contribution in [0.3, 0.4) is 0 Å². The highest BCUT2D eigenvalue weighted by Gasteiger charge is 2.40. The molecular formula is C46H46N6O7. The van der Waals surface area contributed by atoms with Crippen LogP contribution in [0.1, 0.15) is 49.9 Å². The second-order valence-electron chi connectivity index (χ2n) is 14.7. The fourth-order valence-corrected chi connectivity index (χ4v) is 7.92. The number of fused-ring (bicyclic) bond motifs is 5. The Morgan fingerprint density at radius 2 is 1.49 bits per heavy atom. The molecule has 3 aliphatic heterocycles. The third-order valence-corrected chi connectivity index (χ3v) is 10.9. The highest BCUT2D eigenvalue weighted by molar-refractivity contribution is 6.14. The predicted molar refractivity (Wildman–Crippen MR) is 228 cm³/mol. The molecule has 0 spiro atoms. The fourth-order valence-electron chi connectivity index (χ4n) is 7.92. The maximum Gasteiger partial charge on any atom is 0.262 e. The van der Waals surface area contributed by atoms with Gasteiger partial charge in [0.1, 0.15) is 19.4 Å². The highest BCUT2D eigenvalue weighted by Crippen LogP contribution is 2.43. The summed E-state index contributed by atoms with van der Waals surface area (Å²) >= 11 is 0. The molecule has 3 atom stereocenters. The minimum Gasteiger partial charge on any atom is -0.493 e. The molecule has 13 heteroatoms. The standard InChI is InChI=1S/C46H46N6O7/c1-27(48-3)44(53)49-33-17-28(25-58-39-15-14-32(20-40(39)56-4)45(54)51-34(24-47-2)19-30-10-6-8-12-37(30)51)16-29(18-33)26-59-42-23-36-35(22-41(42)57-5)46(55)52-38-13-9-7-11-31(38)21-43(52)50-36/h6-18,20,22-24,27,34,43,48,50H,19,21,25-26H2,1-5H3,(H,49,53). The maximum atomic E-state index is 14.0. The number of benzene rings is 5. The van der Waals surface area contributed by atoms with Crippen molar-refractivity contribution in [3.63, 3.8) is 0 Å². The van der Waals surface area contributed by atoms with Crippen LogP contribution in [0.25, 0.3) is 0 Å². The van der Waals surface area contributed by atoms with E-state index in [1.807, 2.05) is 66.7 Å². The van der Waals surface area contributed by atoms with E-state index in [9.17, 15) is 14.4 Å². The first kappa shape index (κ1) is 39.0. The van der Waals surface area contributed by atoms with Gasteiger partial charge in [0.2, 0.25) is 5.91 Å². The molecule has 13 nitrogen and oxygen atoms in total. The van der Waals surface area contributed by atoms with Crippen LogP contribution in [0.5, 0.6) is 23.0 Å². The monoisotopic (exact) mass is 794 g/mol. The van der Waals surface area contributed by atoms with Gasteiger partial charge in [0, 0.05) is 54.8 Å². The number of aliphatic imine (C=N–C) groups is 1. The number of methoxy groups -OCH3 is 2. The molecule has 0 bridgehead atoms. The predicted octanol–water partition coefficient (Wildman–Crippen LogP) is 6.63. The molecule has 0 saturated carbocycles. The average molecular weight is 795 g/mol. The van der Waals surface area contributed by atoms with Gasteiger partial charge in [-0.1, -0.05) is 36.4 Å². The molecule has 59 heavy (non-hydrogen) atoms. The first-order valence-corrected chi connectivity index (χ1v) is 19.5. The topological polar surface area (TPSA) is 143 Å². The van der Waals surface area contributed by atoms with Crippen molar-refractivity contribution in [1.29, 1.82) is 0 Å². The number of rotatable bonds is 13. The van der Waals surface area contributed by atoms with E-state index in [0.29, 0.717) is 58.3 Å². The van der Waals surface area contributed by atoms with Crippen molar-refractivity contribution in [2.24, 2.45) is 4.99 Å². The molecule has 3 unspecified atom stereocenters. The number of hydrogen-bond acceptors (Lipinski definition) is 10. The van der Waals surface area contributed by atoms with E-state index in [-0.39, 0.29) is 43.1 Å². The Hall–Kier alpha value is -6.86. The van der Waals surface area contributed by atoms with Gasteiger partial charge in [-0.2, -0.15) is 0 Å². The molecule has 0 aliphatic carbocycles. The van der Waals surface area contributed by atoms with Crippen molar-refractivity contribution < 1.29 is 33.3 Å². The molecule has 0 saturated heterocycles. The quantitative estimate of drug-likeness (QED) is 0.112. The van der Waals surface area contributed by atoms with Gasteiger partial charge in [-0.25, -0.2) is 0 Å². The molecule has 0 aromatic heterocycles. The molecule has 5 aromatic carbocycles. The smallest absolute Gasteiger partial charge is 0.262 e. The highest BCUT2D eigenvalue weighted by atomic mass is 16.5. The number of carbonyl (C=O) groups excluding carboxylic acids is 3. The molecule has 8 rings (SSSR count). The molecule has 3 aliphatic rings. The lowest BCUT2D eigenvalue weighted by molar-refractivity contribution is -0.117. The third kappa shape index (κ3) is 7.64. The molecule has 0 radical (unpaired) electrons. The number of nitrogens with one attached hydrogen (secondary N) is 3. The van der Waals surface area contributed by atoms with Crippen LogP contribution >= 0.6 is 0 Å². The minimum atomic E-state index is -0.433. The molecule has 3 N–H and O–H groups in total. The number of para-hydroxylation sites is 2. The Bertz CT molecular complexity index is 2470. The largest absolute Gasteiger partial charge is 0.493 e. The normalized spacial score (nSPS) is 16.7. The average Bonchev–Trinajstić information content (AvgIpc) is 3.82. The summed E-state index contributed by atoms with van der Waals surface area (Å²) in [5.74, 6) is 1.23. The summed E-state index contributed by atoms with van der Waals surface area (Å²) in [5, 5.41) is 9.48. The van der Waals surface area contributed by atoms with Gasteiger partial charge in [-0.05, 0) is 90.8 Å². The van der Waals surface area contributed by atoms with Crippen molar-refractivity contribution in [3.05, 3.63) is 130 Å². The summed E-state index contributed by atoms with van der Waals surface area (Å²) in [5.41, 5.74) is 7.64. The Morgan fingerprint density at radius 1 is 0.831 bits per heavy atom. The molecule has 302 valence electrons. The van der Waals surface area contributed by atoms with Crippen LogP contribution in [0, 0.1) is 0 Å². The van der Waals surface area contributed by atoms with E-state index in [1.165, 1.54) is 14.2 Å². The van der Waals surface area contributed by atoms with Crippen LogP contribution in [0.4, 0.5) is 22.7 Å². The van der Waals surface area contributed by atoms with Crippen molar-refractivity contribution in [3.8, 4) is 23.0 Å². The van der Waals surface area contributed by atoms with Crippen LogP contribution in [-0.2, 0) is 30.8 Å². The van der Waals surface area contributed by atoms with E-state index in [2.05, 4.69) is 20.9 Å². The zero-order valence-electron chi connectivity index (χ0n) is 33.6. The van der Waals surface area contributed by atoms with Crippen molar-refractivity contribution >= 4 is 46.7 Å². The second kappa shape index (κ2) is 16.5. The zero-order valence-corrected chi connectivity index (χ0v) is 33.6. The lowest BCUT2D eigenvalue weighted by atomic mass is 10.1. The fraction of sp³-hybridized carbons (Fsp3) is 0.261. The summed E-state index contributed by atoms with van der Waals surface area (Å²) in [7, 11) is 6.50. The molecule has 3 heterocycles. The summed E-state index contributed by atoms with van der Waals surface area (Å²) in [6, 6.07) is 29.4. The van der Waals surface area contributed by atoms with Crippen molar-refractivity contribution in [2.45, 2.75) is 51.2 Å². The second-order valence-corrected chi connectivity index (χ2v) is 14.7. The van der Waals surface area contributed by atoms with Crippen molar-refractivity contribution in [2.75, 3.05) is 48.7 Å². The lowest BCUT2D eigenvalue weighted by Gasteiger charge is -2.33. The first-order valence-electron chi connectivity index (χ1n) is 19.5. The Morgan fingerprint density at radius 3 is 2.19 bits per heavy atom. The van der Waals surface area contributed by atoms with E-state index >= 15 is 0 Å². The molecule has 5 aromatic rings.